The minimum Gasteiger partial charge on any atom is -0.543 e. The smallest absolute Gasteiger partial charge is 0.250 e. The molecule has 0 heterocycles. The van der Waals surface area contributed by atoms with Crippen LogP contribution < -0.4 is 13.9 Å². The molecule has 0 spiro atoms. The Morgan fingerprint density at radius 2 is 1.45 bits per heavy atom. The highest BCUT2D eigenvalue weighted by Crippen LogP contribution is 2.55. The number of benzene rings is 3. The number of hydrogen-bond acceptors (Lipinski definition) is 6. The number of aryl methyl sites for hydroxylation is 1. The molecule has 0 N–H and O–H groups in total. The van der Waals surface area contributed by atoms with Crippen LogP contribution in [0.3, 0.4) is 0 Å². The maximum absolute atomic E-state index is 12.1. The summed E-state index contributed by atoms with van der Waals surface area (Å²) in [4.78, 5) is 16.5. The van der Waals surface area contributed by atoms with E-state index >= 15 is 0 Å². The molecular formula is C34H47NO5Si2. The second-order valence-electron chi connectivity index (χ2n) is 14.5. The van der Waals surface area contributed by atoms with Crippen molar-refractivity contribution in [1.29, 1.82) is 0 Å². The van der Waals surface area contributed by atoms with Gasteiger partial charge in [0.25, 0.3) is 8.32 Å². The standard InChI is InChI=1S/C34H47NO5Si2/c1-21-16-22-18-28(40-42(12,13)34(5,6)7)31-24(29(22)27(17-21)38-9)19-23-25(39-41(10,11)33(2,3)4)14-15-26(37-8)30(23)32(31)35-20-36/h14-17,19,28H,18H2,1-13H3. The van der Waals surface area contributed by atoms with Gasteiger partial charge in [0.15, 0.2) is 8.32 Å². The van der Waals surface area contributed by atoms with Gasteiger partial charge in [0, 0.05) is 22.9 Å². The van der Waals surface area contributed by atoms with Crippen LogP contribution in [0, 0.1) is 6.92 Å². The van der Waals surface area contributed by atoms with Gasteiger partial charge in [-0.1, -0.05) is 47.6 Å². The highest BCUT2D eigenvalue weighted by molar-refractivity contribution is 6.75. The van der Waals surface area contributed by atoms with E-state index in [-0.39, 0.29) is 16.2 Å². The lowest BCUT2D eigenvalue weighted by Crippen LogP contribution is -2.43. The van der Waals surface area contributed by atoms with Crippen molar-refractivity contribution in [2.24, 2.45) is 4.99 Å². The van der Waals surface area contributed by atoms with Crippen molar-refractivity contribution in [3.05, 3.63) is 47.0 Å². The summed E-state index contributed by atoms with van der Waals surface area (Å²) in [5.74, 6) is 2.16. The van der Waals surface area contributed by atoms with Crippen molar-refractivity contribution < 1.29 is 23.1 Å². The summed E-state index contributed by atoms with van der Waals surface area (Å²) < 4.78 is 25.9. The molecule has 0 amide bonds. The second-order valence-corrected chi connectivity index (χ2v) is 24.0. The lowest BCUT2D eigenvalue weighted by atomic mass is 9.80. The van der Waals surface area contributed by atoms with E-state index in [9.17, 15) is 4.79 Å². The summed E-state index contributed by atoms with van der Waals surface area (Å²) in [6.07, 6.45) is 2.18. The van der Waals surface area contributed by atoms with Crippen LogP contribution in [0.2, 0.25) is 36.3 Å². The molecule has 0 bridgehead atoms. The Labute approximate surface area is 253 Å². The zero-order valence-electron chi connectivity index (χ0n) is 27.7. The number of carbonyl (C=O) groups excluding carboxylic acids is 1. The summed E-state index contributed by atoms with van der Waals surface area (Å²) in [6, 6.07) is 10.3. The number of hydrogen-bond donors (Lipinski definition) is 0. The average molecular weight is 606 g/mol. The minimum atomic E-state index is -2.24. The number of aliphatic imine (C=N–C) groups is 1. The Kier molecular flexibility index (Phi) is 8.37. The van der Waals surface area contributed by atoms with Gasteiger partial charge < -0.3 is 18.3 Å². The molecule has 1 atom stereocenters. The van der Waals surface area contributed by atoms with Crippen molar-refractivity contribution in [1.82, 2.24) is 0 Å². The molecular weight excluding hydrogens is 559 g/mol. The normalized spacial score (nSPS) is 15.5. The molecule has 8 heteroatoms. The van der Waals surface area contributed by atoms with Gasteiger partial charge in [0.1, 0.15) is 17.2 Å². The van der Waals surface area contributed by atoms with Gasteiger partial charge in [-0.25, -0.2) is 4.79 Å². The first-order valence-corrected chi connectivity index (χ1v) is 20.5. The van der Waals surface area contributed by atoms with Crippen molar-refractivity contribution >= 4 is 39.2 Å². The Morgan fingerprint density at radius 3 is 2.00 bits per heavy atom. The van der Waals surface area contributed by atoms with E-state index in [1.165, 1.54) is 0 Å². The topological polar surface area (TPSA) is 66.3 Å². The van der Waals surface area contributed by atoms with Crippen molar-refractivity contribution in [3.8, 4) is 28.4 Å². The zero-order valence-corrected chi connectivity index (χ0v) is 29.7. The highest BCUT2D eigenvalue weighted by Gasteiger charge is 2.43. The SMILES string of the molecule is COc1cc(C)cc2c1-c1cc3c(O[Si](C)(C)C(C)(C)C)ccc(OC)c3c(N=C=O)c1C(O[Si](C)(C)C(C)(C)C)C2. The van der Waals surface area contributed by atoms with Crippen LogP contribution in [-0.2, 0) is 15.6 Å². The van der Waals surface area contributed by atoms with Crippen LogP contribution in [0.15, 0.2) is 35.3 Å². The van der Waals surface area contributed by atoms with E-state index in [0.717, 1.165) is 50.1 Å². The van der Waals surface area contributed by atoms with Crippen LogP contribution in [0.4, 0.5) is 5.69 Å². The van der Waals surface area contributed by atoms with Crippen LogP contribution in [0.5, 0.6) is 17.2 Å². The third-order valence-electron chi connectivity index (χ3n) is 9.57. The van der Waals surface area contributed by atoms with Crippen LogP contribution in [0.1, 0.15) is 64.3 Å². The molecule has 1 aliphatic rings. The first-order chi connectivity index (χ1) is 19.4. The fourth-order valence-corrected chi connectivity index (χ4v) is 7.52. The first kappa shape index (κ1) is 32.0. The molecule has 0 saturated carbocycles. The van der Waals surface area contributed by atoms with E-state index in [2.05, 4.69) is 97.8 Å². The van der Waals surface area contributed by atoms with Crippen molar-refractivity contribution in [3.63, 3.8) is 0 Å². The molecule has 3 aromatic carbocycles. The largest absolute Gasteiger partial charge is 0.543 e. The fraction of sp³-hybridized carbons (Fsp3) is 0.500. The van der Waals surface area contributed by atoms with Gasteiger partial charge >= 0.3 is 0 Å². The molecule has 4 rings (SSSR count). The van der Waals surface area contributed by atoms with E-state index in [1.807, 2.05) is 18.2 Å². The lowest BCUT2D eigenvalue weighted by molar-refractivity contribution is 0.183. The van der Waals surface area contributed by atoms with Crippen LogP contribution in [-0.4, -0.2) is 36.9 Å². The molecule has 1 unspecified atom stereocenters. The monoisotopic (exact) mass is 605 g/mol. The molecule has 0 radical (unpaired) electrons. The summed E-state index contributed by atoms with van der Waals surface area (Å²) in [6.45, 7) is 24.5. The number of fused-ring (bicyclic) bond motifs is 4. The van der Waals surface area contributed by atoms with E-state index in [4.69, 9.17) is 18.3 Å². The molecule has 0 aliphatic heterocycles. The molecule has 0 aromatic heterocycles. The molecule has 226 valence electrons. The minimum absolute atomic E-state index is 0.00726. The van der Waals surface area contributed by atoms with E-state index in [1.54, 1.807) is 14.2 Å². The first-order valence-electron chi connectivity index (χ1n) is 14.7. The summed E-state index contributed by atoms with van der Waals surface area (Å²) in [5, 5.41) is 1.56. The Balaban J connectivity index is 2.18. The fourth-order valence-electron chi connectivity index (χ4n) is 5.22. The summed E-state index contributed by atoms with van der Waals surface area (Å²) in [7, 11) is -1.11. The Morgan fingerprint density at radius 1 is 0.857 bits per heavy atom. The van der Waals surface area contributed by atoms with Gasteiger partial charge in [-0.2, -0.15) is 4.99 Å². The number of methoxy groups -OCH3 is 2. The quantitative estimate of drug-likeness (QED) is 0.152. The maximum Gasteiger partial charge on any atom is 0.250 e. The van der Waals surface area contributed by atoms with Crippen molar-refractivity contribution in [2.75, 3.05) is 14.2 Å². The van der Waals surface area contributed by atoms with Gasteiger partial charge in [-0.05, 0) is 84.1 Å². The number of nitrogens with zero attached hydrogens (tertiary/aromatic N) is 1. The van der Waals surface area contributed by atoms with E-state index < -0.39 is 16.6 Å². The molecule has 1 aliphatic carbocycles. The molecule has 0 saturated heterocycles. The predicted octanol–water partition coefficient (Wildman–Crippen LogP) is 9.80. The van der Waals surface area contributed by atoms with Crippen LogP contribution >= 0.6 is 0 Å². The maximum atomic E-state index is 12.1. The van der Waals surface area contributed by atoms with E-state index in [0.29, 0.717) is 17.9 Å². The van der Waals surface area contributed by atoms with Gasteiger partial charge in [0.05, 0.1) is 31.4 Å². The number of isocyanates is 1. The second kappa shape index (κ2) is 11.0. The number of ether oxygens (including phenoxy) is 2. The molecule has 3 aromatic rings. The Bertz CT molecular complexity index is 1570. The number of rotatable bonds is 7. The van der Waals surface area contributed by atoms with Gasteiger partial charge in [-0.3, -0.25) is 0 Å². The zero-order chi connectivity index (χ0) is 31.4. The highest BCUT2D eigenvalue weighted by atomic mass is 28.4. The summed E-state index contributed by atoms with van der Waals surface area (Å²) >= 11 is 0. The van der Waals surface area contributed by atoms with Gasteiger partial charge in [-0.15, -0.1) is 0 Å². The lowest BCUT2D eigenvalue weighted by Gasteiger charge is -2.42. The molecule has 6 nitrogen and oxygen atoms in total. The molecule has 0 fully saturated rings. The molecule has 42 heavy (non-hydrogen) atoms. The van der Waals surface area contributed by atoms with Crippen molar-refractivity contribution in [2.45, 2.75) is 97.3 Å². The van der Waals surface area contributed by atoms with Gasteiger partial charge in [0.2, 0.25) is 6.08 Å². The van der Waals surface area contributed by atoms with Crippen LogP contribution in [0.25, 0.3) is 21.9 Å². The Hall–Kier alpha value is -2.91. The third-order valence-corrected chi connectivity index (χ3v) is 18.4. The average Bonchev–Trinajstić information content (AvgIpc) is 2.86. The summed E-state index contributed by atoms with van der Waals surface area (Å²) in [5.41, 5.74) is 5.60. The third kappa shape index (κ3) is 5.58. The predicted molar refractivity (Wildman–Crippen MR) is 178 cm³/mol.